The van der Waals surface area contributed by atoms with Crippen molar-refractivity contribution in [2.45, 2.75) is 110 Å². The zero-order valence-electron chi connectivity index (χ0n) is 18.2. The first-order valence-corrected chi connectivity index (χ1v) is 12.6. The molecule has 0 heterocycles. The number of allylic oxidation sites excluding steroid dienone is 2. The third-order valence-electron chi connectivity index (χ3n) is 4.54. The lowest BCUT2D eigenvalue weighted by atomic mass is 10.1. The zero-order valence-corrected chi connectivity index (χ0v) is 19.1. The number of phosphoric acid groups is 1. The number of phosphoric ester groups is 1. The Morgan fingerprint density at radius 3 is 2.00 bits per heavy atom. The van der Waals surface area contributed by atoms with Gasteiger partial charge in [0.05, 0.1) is 0 Å². The largest absolute Gasteiger partial charge is 0.499 e. The van der Waals surface area contributed by atoms with Crippen molar-refractivity contribution in [3.8, 4) is 0 Å². The Hall–Kier alpha value is -0.720. The average Bonchev–Trinajstić information content (AvgIpc) is 2.69. The van der Waals surface area contributed by atoms with Crippen molar-refractivity contribution < 1.29 is 33.4 Å². The standard InChI is InChI=1S/C21H41O7P/c1-3-4-5-6-7-8-9-10-11-12-13-14-15-16-17-18-21(22)26-19-20(2)27-29(24,25)28-23/h10-11,20,23H,3-9,12-19H2,1-2H3,(H,24,25)/b11-10-. The van der Waals surface area contributed by atoms with E-state index in [4.69, 9.17) is 14.9 Å². The maximum absolute atomic E-state index is 11.6. The monoisotopic (exact) mass is 436 g/mol. The van der Waals surface area contributed by atoms with Crippen molar-refractivity contribution in [2.24, 2.45) is 0 Å². The summed E-state index contributed by atoms with van der Waals surface area (Å²) >= 11 is 0. The van der Waals surface area contributed by atoms with Gasteiger partial charge in [-0.2, -0.15) is 0 Å². The number of hydrogen-bond acceptors (Lipinski definition) is 6. The van der Waals surface area contributed by atoms with Crippen molar-refractivity contribution in [1.29, 1.82) is 0 Å². The summed E-state index contributed by atoms with van der Waals surface area (Å²) in [6.45, 7) is 3.52. The molecule has 0 spiro atoms. The minimum atomic E-state index is -4.48. The highest BCUT2D eigenvalue weighted by Crippen LogP contribution is 2.43. The summed E-state index contributed by atoms with van der Waals surface area (Å²) in [5.41, 5.74) is 0. The molecule has 0 fully saturated rings. The number of esters is 1. The fraction of sp³-hybridized carbons (Fsp3) is 0.857. The molecule has 0 amide bonds. The molecule has 8 heteroatoms. The molecule has 29 heavy (non-hydrogen) atoms. The summed E-state index contributed by atoms with van der Waals surface area (Å²) in [5, 5.41) is 8.17. The van der Waals surface area contributed by atoms with E-state index in [1.807, 2.05) is 0 Å². The Labute approximate surface area is 176 Å². The average molecular weight is 437 g/mol. The van der Waals surface area contributed by atoms with Crippen LogP contribution in [0.1, 0.15) is 104 Å². The molecule has 0 radical (unpaired) electrons. The SMILES string of the molecule is CCCCCCCC/C=C\CCCCCCCC(=O)OCC(C)OP(=O)(O)OO. The van der Waals surface area contributed by atoms with Crippen LogP contribution in [-0.2, 0) is 23.3 Å². The molecule has 0 saturated carbocycles. The highest BCUT2D eigenvalue weighted by atomic mass is 31.2. The van der Waals surface area contributed by atoms with Crippen molar-refractivity contribution in [3.63, 3.8) is 0 Å². The van der Waals surface area contributed by atoms with Crippen LogP contribution in [0.5, 0.6) is 0 Å². The molecule has 0 saturated heterocycles. The summed E-state index contributed by atoms with van der Waals surface area (Å²) in [7, 11) is -4.48. The molecule has 2 atom stereocenters. The van der Waals surface area contributed by atoms with E-state index in [2.05, 4.69) is 28.3 Å². The lowest BCUT2D eigenvalue weighted by Crippen LogP contribution is -2.18. The quantitative estimate of drug-likeness (QED) is 0.0556. The van der Waals surface area contributed by atoms with Crippen LogP contribution in [0.4, 0.5) is 0 Å². The van der Waals surface area contributed by atoms with E-state index < -0.39 is 13.9 Å². The number of ether oxygens (including phenoxy) is 1. The second-order valence-corrected chi connectivity index (χ2v) is 8.79. The molecule has 172 valence electrons. The summed E-state index contributed by atoms with van der Waals surface area (Å²) in [6.07, 6.45) is 19.6. The topological polar surface area (TPSA) is 102 Å². The molecule has 0 aromatic carbocycles. The second kappa shape index (κ2) is 19.3. The van der Waals surface area contributed by atoms with Crippen LogP contribution in [0.25, 0.3) is 0 Å². The molecule has 0 aliphatic heterocycles. The summed E-state index contributed by atoms with van der Waals surface area (Å²) in [4.78, 5) is 20.5. The van der Waals surface area contributed by atoms with E-state index in [1.54, 1.807) is 0 Å². The van der Waals surface area contributed by atoms with Crippen molar-refractivity contribution in [1.82, 2.24) is 0 Å². The highest BCUT2D eigenvalue weighted by Gasteiger charge is 2.25. The number of carbonyl (C=O) groups excluding carboxylic acids is 1. The van der Waals surface area contributed by atoms with Crippen LogP contribution in [0.3, 0.4) is 0 Å². The van der Waals surface area contributed by atoms with Crippen LogP contribution in [0, 0.1) is 0 Å². The predicted molar refractivity (Wildman–Crippen MR) is 114 cm³/mol. The van der Waals surface area contributed by atoms with Gasteiger partial charge in [-0.15, -0.1) is 4.67 Å². The maximum Gasteiger partial charge on any atom is 0.499 e. The summed E-state index contributed by atoms with van der Waals surface area (Å²) in [6, 6.07) is 0. The van der Waals surface area contributed by atoms with Gasteiger partial charge in [0.2, 0.25) is 0 Å². The molecule has 0 aromatic heterocycles. The number of unbranched alkanes of at least 4 members (excludes halogenated alkanes) is 11. The van der Waals surface area contributed by atoms with Gasteiger partial charge in [-0.1, -0.05) is 70.4 Å². The van der Waals surface area contributed by atoms with Crippen LogP contribution in [0.2, 0.25) is 0 Å². The highest BCUT2D eigenvalue weighted by molar-refractivity contribution is 7.47. The van der Waals surface area contributed by atoms with Crippen LogP contribution < -0.4 is 0 Å². The van der Waals surface area contributed by atoms with Gasteiger partial charge in [-0.05, 0) is 39.0 Å². The second-order valence-electron chi connectivity index (χ2n) is 7.48. The smallest absolute Gasteiger partial charge is 0.463 e. The Bertz CT molecular complexity index is 468. The fourth-order valence-corrected chi connectivity index (χ4v) is 3.45. The Balaban J connectivity index is 3.42. The first kappa shape index (κ1) is 28.3. The lowest BCUT2D eigenvalue weighted by molar-refractivity contribution is -0.168. The summed E-state index contributed by atoms with van der Waals surface area (Å²) in [5.74, 6) is -0.365. The number of hydrogen-bond donors (Lipinski definition) is 2. The van der Waals surface area contributed by atoms with E-state index in [0.717, 1.165) is 32.1 Å². The molecule has 0 aliphatic carbocycles. The van der Waals surface area contributed by atoms with E-state index in [1.165, 1.54) is 58.3 Å². The van der Waals surface area contributed by atoms with Crippen LogP contribution >= 0.6 is 7.82 Å². The Morgan fingerprint density at radius 1 is 0.931 bits per heavy atom. The third-order valence-corrected chi connectivity index (χ3v) is 5.37. The molecule has 2 N–H and O–H groups in total. The van der Waals surface area contributed by atoms with Gasteiger partial charge >= 0.3 is 13.8 Å². The van der Waals surface area contributed by atoms with Gasteiger partial charge in [0.25, 0.3) is 0 Å². The van der Waals surface area contributed by atoms with Gasteiger partial charge in [0.1, 0.15) is 12.7 Å². The Morgan fingerprint density at radius 2 is 1.45 bits per heavy atom. The van der Waals surface area contributed by atoms with Gasteiger partial charge in [0.15, 0.2) is 0 Å². The molecule has 2 unspecified atom stereocenters. The Kier molecular flexibility index (Phi) is 18.8. The van der Waals surface area contributed by atoms with Crippen molar-refractivity contribution >= 4 is 13.8 Å². The van der Waals surface area contributed by atoms with E-state index >= 15 is 0 Å². The first-order valence-electron chi connectivity index (χ1n) is 11.1. The molecule has 0 bridgehead atoms. The normalized spacial score (nSPS) is 14.8. The number of rotatable bonds is 20. The number of carbonyl (C=O) groups is 1. The van der Waals surface area contributed by atoms with E-state index in [9.17, 15) is 9.36 Å². The molecule has 0 aromatic rings. The molecular weight excluding hydrogens is 395 g/mol. The van der Waals surface area contributed by atoms with E-state index in [0.29, 0.717) is 6.42 Å². The minimum absolute atomic E-state index is 0.169. The summed E-state index contributed by atoms with van der Waals surface area (Å²) < 4.78 is 23.8. The van der Waals surface area contributed by atoms with Crippen LogP contribution in [-0.4, -0.2) is 28.8 Å². The fourth-order valence-electron chi connectivity index (χ4n) is 2.90. The molecular formula is C21H41O7P. The first-order chi connectivity index (χ1) is 13.9. The zero-order chi connectivity index (χ0) is 21.8. The van der Waals surface area contributed by atoms with E-state index in [-0.39, 0.29) is 12.6 Å². The molecule has 0 aliphatic rings. The molecule has 0 rings (SSSR count). The van der Waals surface area contributed by atoms with Crippen LogP contribution in [0.15, 0.2) is 12.2 Å². The van der Waals surface area contributed by atoms with Crippen molar-refractivity contribution in [2.75, 3.05) is 6.61 Å². The van der Waals surface area contributed by atoms with Gasteiger partial charge in [0, 0.05) is 6.42 Å². The van der Waals surface area contributed by atoms with Crippen molar-refractivity contribution in [3.05, 3.63) is 12.2 Å². The van der Waals surface area contributed by atoms with Gasteiger partial charge < -0.3 is 9.63 Å². The van der Waals surface area contributed by atoms with Gasteiger partial charge in [-0.25, -0.2) is 9.82 Å². The lowest BCUT2D eigenvalue weighted by Gasteiger charge is -2.14. The minimum Gasteiger partial charge on any atom is -0.463 e. The third kappa shape index (κ3) is 20.3. The van der Waals surface area contributed by atoms with Gasteiger partial charge in [-0.3, -0.25) is 9.32 Å². The predicted octanol–water partition coefficient (Wildman–Crippen LogP) is 6.56. The maximum atomic E-state index is 11.6. The molecule has 7 nitrogen and oxygen atoms in total.